The van der Waals surface area contributed by atoms with Gasteiger partial charge >= 0.3 is 12.4 Å². The first kappa shape index (κ1) is 23.8. The second-order valence-electron chi connectivity index (χ2n) is 7.86. The molecule has 1 aromatic heterocycles. The number of alkyl halides is 6. The van der Waals surface area contributed by atoms with Gasteiger partial charge < -0.3 is 10.8 Å². The fourth-order valence-electron chi connectivity index (χ4n) is 3.76. The Morgan fingerprint density at radius 3 is 2.53 bits per heavy atom. The lowest BCUT2D eigenvalue weighted by atomic mass is 10.00. The van der Waals surface area contributed by atoms with E-state index in [1.165, 1.54) is 24.1 Å². The average molecular weight is 460 g/mol. The summed E-state index contributed by atoms with van der Waals surface area (Å²) in [6.45, 7) is 1.53. The molecule has 32 heavy (non-hydrogen) atoms. The number of halogens is 6. The standard InChI is InChI=1S/C21H22F6N4O/c1-12-6-15(21(25,26)27)7-17(32)18(12)16-3-2-14(19(28)30-16)9-29-8-13-4-5-31(10-13)11-20(22,23)24/h2-3,6-7,9,13,32H,4-5,8,10-11H2,1H3,(H2,28,30). The Kier molecular flexibility index (Phi) is 6.68. The van der Waals surface area contributed by atoms with Gasteiger partial charge in [0.25, 0.3) is 0 Å². The lowest BCUT2D eigenvalue weighted by Crippen LogP contribution is -2.32. The first-order valence-corrected chi connectivity index (χ1v) is 9.80. The Balaban J connectivity index is 1.69. The van der Waals surface area contributed by atoms with Crippen molar-refractivity contribution in [1.29, 1.82) is 0 Å². The highest BCUT2D eigenvalue weighted by Crippen LogP contribution is 2.38. The number of rotatable bonds is 5. The Labute approximate surface area is 180 Å². The molecule has 1 unspecified atom stereocenters. The van der Waals surface area contributed by atoms with Gasteiger partial charge in [-0.2, -0.15) is 26.3 Å². The minimum atomic E-state index is -4.59. The number of hydrogen-bond acceptors (Lipinski definition) is 5. The smallest absolute Gasteiger partial charge is 0.416 e. The number of aliphatic imine (C=N–C) groups is 1. The average Bonchev–Trinajstić information content (AvgIpc) is 3.07. The highest BCUT2D eigenvalue weighted by atomic mass is 19.4. The van der Waals surface area contributed by atoms with Gasteiger partial charge in [0, 0.05) is 30.4 Å². The molecule has 11 heteroatoms. The first-order chi connectivity index (χ1) is 14.8. The summed E-state index contributed by atoms with van der Waals surface area (Å²) >= 11 is 0. The summed E-state index contributed by atoms with van der Waals surface area (Å²) in [6.07, 6.45) is -6.72. The molecular weight excluding hydrogens is 438 g/mol. The number of anilines is 1. The fourth-order valence-corrected chi connectivity index (χ4v) is 3.76. The molecule has 1 saturated heterocycles. The molecule has 0 spiro atoms. The summed E-state index contributed by atoms with van der Waals surface area (Å²) in [5.74, 6) is -0.487. The second-order valence-corrected chi connectivity index (χ2v) is 7.86. The zero-order valence-corrected chi connectivity index (χ0v) is 17.1. The summed E-state index contributed by atoms with van der Waals surface area (Å²) < 4.78 is 76.1. The summed E-state index contributed by atoms with van der Waals surface area (Å²) in [7, 11) is 0. The number of aryl methyl sites for hydroxylation is 1. The van der Waals surface area contributed by atoms with Crippen molar-refractivity contribution in [2.45, 2.75) is 25.7 Å². The van der Waals surface area contributed by atoms with E-state index in [-0.39, 0.29) is 28.6 Å². The van der Waals surface area contributed by atoms with Crippen molar-refractivity contribution in [3.63, 3.8) is 0 Å². The zero-order chi connectivity index (χ0) is 23.7. The molecule has 3 N–H and O–H groups in total. The number of aromatic nitrogens is 1. The number of phenolic OH excluding ortho intramolecular Hbond substituents is 1. The van der Waals surface area contributed by atoms with E-state index in [1.807, 2.05) is 0 Å². The van der Waals surface area contributed by atoms with Gasteiger partial charge in [-0.05, 0) is 55.6 Å². The highest BCUT2D eigenvalue weighted by molar-refractivity contribution is 5.87. The second kappa shape index (κ2) is 8.97. The van der Waals surface area contributed by atoms with Crippen LogP contribution in [-0.4, -0.2) is 53.6 Å². The van der Waals surface area contributed by atoms with Gasteiger partial charge in [0.2, 0.25) is 0 Å². The Morgan fingerprint density at radius 1 is 1.22 bits per heavy atom. The van der Waals surface area contributed by atoms with Gasteiger partial charge in [-0.15, -0.1) is 0 Å². The molecule has 174 valence electrons. The first-order valence-electron chi connectivity index (χ1n) is 9.80. The summed E-state index contributed by atoms with van der Waals surface area (Å²) in [5, 5.41) is 10.1. The van der Waals surface area contributed by atoms with Gasteiger partial charge in [-0.3, -0.25) is 9.89 Å². The molecule has 0 radical (unpaired) electrons. The molecule has 1 aliphatic heterocycles. The van der Waals surface area contributed by atoms with Crippen LogP contribution in [0.15, 0.2) is 29.3 Å². The fraction of sp³-hybridized carbons (Fsp3) is 0.429. The van der Waals surface area contributed by atoms with Crippen LogP contribution in [0.4, 0.5) is 32.2 Å². The predicted molar refractivity (Wildman–Crippen MR) is 109 cm³/mol. The quantitative estimate of drug-likeness (QED) is 0.503. The third kappa shape index (κ3) is 5.90. The zero-order valence-electron chi connectivity index (χ0n) is 17.1. The minimum absolute atomic E-state index is 0.00815. The van der Waals surface area contributed by atoms with Crippen LogP contribution in [0.25, 0.3) is 11.3 Å². The molecule has 1 fully saturated rings. The predicted octanol–water partition coefficient (Wildman–Crippen LogP) is 4.67. The molecule has 0 aliphatic carbocycles. The van der Waals surface area contributed by atoms with Crippen LogP contribution in [0.1, 0.15) is 23.1 Å². The van der Waals surface area contributed by atoms with Crippen molar-refractivity contribution < 1.29 is 31.4 Å². The number of hydrogen-bond donors (Lipinski definition) is 2. The topological polar surface area (TPSA) is 74.7 Å². The summed E-state index contributed by atoms with van der Waals surface area (Å²) in [5.41, 5.74) is 5.99. The Bertz CT molecular complexity index is 980. The van der Waals surface area contributed by atoms with E-state index in [9.17, 15) is 31.4 Å². The molecule has 0 amide bonds. The molecule has 3 rings (SSSR count). The maximum Gasteiger partial charge on any atom is 0.416 e. The molecule has 0 saturated carbocycles. The van der Waals surface area contributed by atoms with E-state index in [4.69, 9.17) is 5.73 Å². The molecule has 5 nitrogen and oxygen atoms in total. The lowest BCUT2D eigenvalue weighted by molar-refractivity contribution is -0.143. The maximum atomic E-state index is 12.9. The summed E-state index contributed by atoms with van der Waals surface area (Å²) in [6, 6.07) is 4.64. The van der Waals surface area contributed by atoms with Gasteiger partial charge in [0.05, 0.1) is 17.8 Å². The summed E-state index contributed by atoms with van der Waals surface area (Å²) in [4.78, 5) is 9.79. The molecule has 2 heterocycles. The number of nitrogens with zero attached hydrogens (tertiary/aromatic N) is 3. The number of benzene rings is 1. The monoisotopic (exact) mass is 460 g/mol. The molecule has 1 atom stereocenters. The van der Waals surface area contributed by atoms with E-state index in [1.54, 1.807) is 6.07 Å². The van der Waals surface area contributed by atoms with Crippen LogP contribution >= 0.6 is 0 Å². The number of likely N-dealkylation sites (tertiary alicyclic amines) is 1. The number of pyridine rings is 1. The Morgan fingerprint density at radius 2 is 1.94 bits per heavy atom. The SMILES string of the molecule is Cc1cc(C(F)(F)F)cc(O)c1-c1ccc(C=NCC2CCN(CC(F)(F)F)C2)c(N)n1. The van der Waals surface area contributed by atoms with E-state index >= 15 is 0 Å². The lowest BCUT2D eigenvalue weighted by Gasteiger charge is -2.17. The highest BCUT2D eigenvalue weighted by Gasteiger charge is 2.34. The molecule has 2 aromatic rings. The Hall–Kier alpha value is -2.82. The van der Waals surface area contributed by atoms with E-state index < -0.39 is 30.2 Å². The van der Waals surface area contributed by atoms with Gasteiger partial charge in [-0.1, -0.05) is 0 Å². The third-order valence-electron chi connectivity index (χ3n) is 5.22. The maximum absolute atomic E-state index is 12.9. The van der Waals surface area contributed by atoms with Crippen molar-refractivity contribution in [3.05, 3.63) is 41.0 Å². The molecule has 1 aliphatic rings. The molecular formula is C21H22F6N4O. The largest absolute Gasteiger partial charge is 0.507 e. The van der Waals surface area contributed by atoms with Crippen LogP contribution in [-0.2, 0) is 6.18 Å². The van der Waals surface area contributed by atoms with Gasteiger partial charge in [0.15, 0.2) is 0 Å². The van der Waals surface area contributed by atoms with Crippen molar-refractivity contribution >= 4 is 12.0 Å². The van der Waals surface area contributed by atoms with Gasteiger partial charge in [0.1, 0.15) is 11.6 Å². The van der Waals surface area contributed by atoms with E-state index in [2.05, 4.69) is 9.98 Å². The van der Waals surface area contributed by atoms with Crippen molar-refractivity contribution in [3.8, 4) is 17.0 Å². The van der Waals surface area contributed by atoms with E-state index in [0.29, 0.717) is 37.7 Å². The van der Waals surface area contributed by atoms with Crippen molar-refractivity contribution in [2.24, 2.45) is 10.9 Å². The minimum Gasteiger partial charge on any atom is -0.507 e. The van der Waals surface area contributed by atoms with Crippen LogP contribution in [0.3, 0.4) is 0 Å². The van der Waals surface area contributed by atoms with Crippen LogP contribution in [0.5, 0.6) is 5.75 Å². The number of aromatic hydroxyl groups is 1. The number of nitrogen functional groups attached to an aromatic ring is 1. The van der Waals surface area contributed by atoms with Gasteiger partial charge in [-0.25, -0.2) is 4.98 Å². The number of nitrogens with two attached hydrogens (primary N) is 1. The molecule has 1 aromatic carbocycles. The van der Waals surface area contributed by atoms with Crippen molar-refractivity contribution in [2.75, 3.05) is 31.9 Å². The van der Waals surface area contributed by atoms with Crippen molar-refractivity contribution in [1.82, 2.24) is 9.88 Å². The van der Waals surface area contributed by atoms with E-state index in [0.717, 1.165) is 6.07 Å². The number of phenols is 1. The van der Waals surface area contributed by atoms with Crippen LogP contribution < -0.4 is 5.73 Å². The normalized spacial score (nSPS) is 18.0. The third-order valence-corrected chi connectivity index (χ3v) is 5.22. The molecule has 0 bridgehead atoms. The van der Waals surface area contributed by atoms with Crippen LogP contribution in [0.2, 0.25) is 0 Å². The van der Waals surface area contributed by atoms with Crippen LogP contribution in [0, 0.1) is 12.8 Å².